The Morgan fingerprint density at radius 1 is 1.07 bits per heavy atom. The Labute approximate surface area is 157 Å². The first-order valence-corrected chi connectivity index (χ1v) is 9.30. The molecule has 11 heteroatoms. The van der Waals surface area contributed by atoms with Crippen LogP contribution in [-0.2, 0) is 10.1 Å². The Bertz CT molecular complexity index is 1210. The second-order valence-electron chi connectivity index (χ2n) is 5.34. The minimum atomic E-state index is -4.59. The van der Waals surface area contributed by atoms with Crippen LogP contribution in [0.3, 0.4) is 0 Å². The van der Waals surface area contributed by atoms with Gasteiger partial charge in [-0.1, -0.05) is 23.7 Å². The van der Waals surface area contributed by atoms with E-state index in [1.807, 2.05) is 0 Å². The van der Waals surface area contributed by atoms with E-state index in [4.69, 9.17) is 16.0 Å². The fraction of sp³-hybridized carbons (Fsp3) is 0. The molecule has 2 aromatic heterocycles. The van der Waals surface area contributed by atoms with E-state index in [2.05, 4.69) is 25.3 Å². The van der Waals surface area contributed by atoms with Gasteiger partial charge in [-0.2, -0.15) is 8.42 Å². The first-order valence-electron chi connectivity index (χ1n) is 7.48. The molecule has 0 fully saturated rings. The van der Waals surface area contributed by atoms with Gasteiger partial charge in [0.25, 0.3) is 10.1 Å². The zero-order valence-corrected chi connectivity index (χ0v) is 14.9. The van der Waals surface area contributed by atoms with Gasteiger partial charge in [0, 0.05) is 0 Å². The molecule has 4 rings (SSSR count). The van der Waals surface area contributed by atoms with Crippen molar-refractivity contribution in [3.63, 3.8) is 0 Å². The monoisotopic (exact) mass is 403 g/mol. The fourth-order valence-electron chi connectivity index (χ4n) is 2.50. The third kappa shape index (κ3) is 3.33. The Balaban J connectivity index is 1.99. The van der Waals surface area contributed by atoms with Gasteiger partial charge in [0.1, 0.15) is 23.1 Å². The minimum absolute atomic E-state index is 0.0505. The zero-order valence-electron chi connectivity index (χ0n) is 13.4. The number of anilines is 2. The van der Waals surface area contributed by atoms with Crippen molar-refractivity contribution >= 4 is 44.5 Å². The second-order valence-corrected chi connectivity index (χ2v) is 7.14. The number of halogens is 1. The van der Waals surface area contributed by atoms with Crippen molar-refractivity contribution < 1.29 is 17.4 Å². The molecular formula is C16H10ClN5O4S. The van der Waals surface area contributed by atoms with E-state index in [0.717, 1.165) is 6.07 Å². The van der Waals surface area contributed by atoms with Gasteiger partial charge in [-0.15, -0.1) is 0 Å². The molecule has 136 valence electrons. The van der Waals surface area contributed by atoms with E-state index >= 15 is 0 Å². The summed E-state index contributed by atoms with van der Waals surface area (Å²) < 4.78 is 39.1. The van der Waals surface area contributed by atoms with Crippen LogP contribution in [0.5, 0.6) is 0 Å². The topological polar surface area (TPSA) is 131 Å². The lowest BCUT2D eigenvalue weighted by Gasteiger charge is -2.13. The third-order valence-corrected chi connectivity index (χ3v) is 4.84. The predicted molar refractivity (Wildman–Crippen MR) is 97.4 cm³/mol. The zero-order chi connectivity index (χ0) is 19.0. The molecule has 0 aliphatic carbocycles. The number of para-hydroxylation sites is 2. The average Bonchev–Trinajstić information content (AvgIpc) is 3.05. The normalized spacial score (nSPS) is 11.6. The van der Waals surface area contributed by atoms with Crippen LogP contribution in [0, 0.1) is 0 Å². The van der Waals surface area contributed by atoms with Crippen LogP contribution >= 0.6 is 11.6 Å². The Kier molecular flexibility index (Phi) is 4.22. The maximum absolute atomic E-state index is 11.9. The maximum Gasteiger partial charge on any atom is 0.296 e. The summed E-state index contributed by atoms with van der Waals surface area (Å²) in [5, 5.41) is 2.90. The molecular weight excluding hydrogens is 394 g/mol. The smallest absolute Gasteiger partial charge is 0.296 e. The van der Waals surface area contributed by atoms with Gasteiger partial charge in [0.15, 0.2) is 5.58 Å². The fourth-order valence-corrected chi connectivity index (χ4v) is 3.39. The first kappa shape index (κ1) is 17.3. The van der Waals surface area contributed by atoms with Gasteiger partial charge in [-0.05, 0) is 24.3 Å². The largest absolute Gasteiger partial charge is 0.436 e. The van der Waals surface area contributed by atoms with Gasteiger partial charge in [0.2, 0.25) is 11.8 Å². The summed E-state index contributed by atoms with van der Waals surface area (Å²) in [7, 11) is -4.59. The van der Waals surface area contributed by atoms with E-state index in [1.165, 1.54) is 18.7 Å². The van der Waals surface area contributed by atoms with Crippen LogP contribution in [-0.4, -0.2) is 32.9 Å². The highest BCUT2D eigenvalue weighted by Gasteiger charge is 2.25. The lowest BCUT2D eigenvalue weighted by atomic mass is 10.1. The van der Waals surface area contributed by atoms with Gasteiger partial charge >= 0.3 is 0 Å². The molecule has 0 saturated heterocycles. The van der Waals surface area contributed by atoms with Gasteiger partial charge < -0.3 is 9.73 Å². The highest BCUT2D eigenvalue weighted by molar-refractivity contribution is 7.86. The Morgan fingerprint density at radius 2 is 1.81 bits per heavy atom. The van der Waals surface area contributed by atoms with E-state index in [9.17, 15) is 13.0 Å². The van der Waals surface area contributed by atoms with E-state index in [0.29, 0.717) is 11.1 Å². The summed E-state index contributed by atoms with van der Waals surface area (Å²) in [5.41, 5.74) is 1.13. The highest BCUT2D eigenvalue weighted by Crippen LogP contribution is 2.40. The van der Waals surface area contributed by atoms with Crippen molar-refractivity contribution in [3.8, 4) is 11.5 Å². The van der Waals surface area contributed by atoms with Crippen LogP contribution < -0.4 is 5.32 Å². The predicted octanol–water partition coefficient (Wildman–Crippen LogP) is 3.32. The molecule has 0 amide bonds. The van der Waals surface area contributed by atoms with Crippen LogP contribution in [0.25, 0.3) is 22.6 Å². The summed E-state index contributed by atoms with van der Waals surface area (Å²) >= 11 is 6.31. The summed E-state index contributed by atoms with van der Waals surface area (Å²) in [6.07, 6.45) is 2.46. The van der Waals surface area contributed by atoms with Crippen LogP contribution in [0.4, 0.5) is 11.6 Å². The Hall–Kier alpha value is -3.08. The number of aromatic nitrogens is 4. The molecule has 0 saturated carbocycles. The van der Waals surface area contributed by atoms with Crippen molar-refractivity contribution in [2.75, 3.05) is 5.32 Å². The van der Waals surface area contributed by atoms with Gasteiger partial charge in [0.05, 0.1) is 16.3 Å². The number of oxazole rings is 1. The summed E-state index contributed by atoms with van der Waals surface area (Å²) in [6, 6.07) is 9.50. The van der Waals surface area contributed by atoms with Crippen molar-refractivity contribution in [1.29, 1.82) is 0 Å². The molecule has 0 aliphatic rings. The van der Waals surface area contributed by atoms with Crippen LogP contribution in [0.15, 0.2) is 58.4 Å². The number of hydrogen-bond donors (Lipinski definition) is 2. The first-order chi connectivity index (χ1) is 12.9. The van der Waals surface area contributed by atoms with E-state index < -0.39 is 15.0 Å². The lowest BCUT2D eigenvalue weighted by Crippen LogP contribution is -2.07. The van der Waals surface area contributed by atoms with Gasteiger partial charge in [-0.3, -0.25) is 4.55 Å². The molecule has 2 heterocycles. The quantitative estimate of drug-likeness (QED) is 0.492. The second kappa shape index (κ2) is 6.58. The van der Waals surface area contributed by atoms with Gasteiger partial charge in [-0.25, -0.2) is 19.9 Å². The van der Waals surface area contributed by atoms with Crippen molar-refractivity contribution in [2.45, 2.75) is 4.90 Å². The van der Waals surface area contributed by atoms with Crippen LogP contribution in [0.2, 0.25) is 5.02 Å². The summed E-state index contributed by atoms with van der Waals surface area (Å²) in [4.78, 5) is 15.4. The highest BCUT2D eigenvalue weighted by atomic mass is 35.5. The summed E-state index contributed by atoms with van der Waals surface area (Å²) in [5.74, 6) is 0.123. The van der Waals surface area contributed by atoms with Crippen molar-refractivity contribution in [2.24, 2.45) is 0 Å². The average molecular weight is 404 g/mol. The van der Waals surface area contributed by atoms with E-state index in [-0.39, 0.29) is 28.1 Å². The third-order valence-electron chi connectivity index (χ3n) is 3.63. The molecule has 0 atom stereocenters. The number of nitrogens with one attached hydrogen (secondary N) is 1. The molecule has 0 spiro atoms. The molecule has 9 nitrogen and oxygen atoms in total. The molecule has 2 N–H and O–H groups in total. The SMILES string of the molecule is O=S(=O)(O)c1ccc(Cl)c(-c2nc3ccccc3o2)c1Nc1ncncn1. The van der Waals surface area contributed by atoms with E-state index in [1.54, 1.807) is 24.3 Å². The molecule has 0 unspecified atom stereocenters. The van der Waals surface area contributed by atoms with Crippen molar-refractivity contribution in [3.05, 3.63) is 54.1 Å². The molecule has 2 aromatic carbocycles. The summed E-state index contributed by atoms with van der Waals surface area (Å²) in [6.45, 7) is 0. The molecule has 4 aromatic rings. The lowest BCUT2D eigenvalue weighted by molar-refractivity contribution is 0.483. The molecule has 0 bridgehead atoms. The number of nitrogens with zero attached hydrogens (tertiary/aromatic N) is 4. The van der Waals surface area contributed by atoms with Crippen LogP contribution in [0.1, 0.15) is 0 Å². The number of rotatable bonds is 4. The number of fused-ring (bicyclic) bond motifs is 1. The Morgan fingerprint density at radius 3 is 2.52 bits per heavy atom. The number of hydrogen-bond acceptors (Lipinski definition) is 8. The molecule has 0 aliphatic heterocycles. The standard InChI is InChI=1S/C16H10ClN5O4S/c17-9-5-6-12(27(23,24)25)14(22-16-19-7-18-8-20-16)13(9)15-21-10-3-1-2-4-11(10)26-15/h1-8H,(H,23,24,25)(H,18,19,20,22). The molecule has 27 heavy (non-hydrogen) atoms. The maximum atomic E-state index is 11.9. The van der Waals surface area contributed by atoms with Crippen molar-refractivity contribution in [1.82, 2.24) is 19.9 Å². The molecule has 0 radical (unpaired) electrons. The minimum Gasteiger partial charge on any atom is -0.436 e. The number of benzene rings is 2.